The first-order valence-corrected chi connectivity index (χ1v) is 9.44. The van der Waals surface area contributed by atoms with E-state index in [4.69, 9.17) is 18.8 Å². The molecule has 3 rings (SSSR count). The van der Waals surface area contributed by atoms with Crippen LogP contribution < -0.4 is 5.46 Å². The van der Waals surface area contributed by atoms with Crippen molar-refractivity contribution in [1.82, 2.24) is 9.78 Å². The van der Waals surface area contributed by atoms with E-state index in [9.17, 15) is 0 Å². The topological polar surface area (TPSA) is 54.7 Å². The molecular weight excluding hydrogens is 331 g/mol. The number of rotatable bonds is 5. The van der Waals surface area contributed by atoms with Crippen LogP contribution in [0, 0.1) is 11.8 Å². The average Bonchev–Trinajstić information content (AvgIpc) is 3.14. The van der Waals surface area contributed by atoms with Crippen molar-refractivity contribution in [3.8, 4) is 11.8 Å². The van der Waals surface area contributed by atoms with Gasteiger partial charge in [-0.1, -0.05) is 11.8 Å². The predicted octanol–water partition coefficient (Wildman–Crippen LogP) is 2.12. The quantitative estimate of drug-likeness (QED) is 0.457. The lowest BCUT2D eigenvalue weighted by molar-refractivity contribution is -0.161. The van der Waals surface area contributed by atoms with E-state index in [2.05, 4.69) is 16.9 Å². The van der Waals surface area contributed by atoms with Crippen LogP contribution in [0.4, 0.5) is 0 Å². The van der Waals surface area contributed by atoms with Crippen LogP contribution in [-0.4, -0.2) is 47.6 Å². The molecule has 6 nitrogen and oxygen atoms in total. The Morgan fingerprint density at radius 1 is 1.23 bits per heavy atom. The van der Waals surface area contributed by atoms with Crippen molar-refractivity contribution in [2.75, 3.05) is 13.2 Å². The lowest BCUT2D eigenvalue weighted by Gasteiger charge is -2.32. The minimum absolute atomic E-state index is 0.0425. The third-order valence-corrected chi connectivity index (χ3v) is 5.21. The maximum Gasteiger partial charge on any atom is 0.498 e. The van der Waals surface area contributed by atoms with E-state index in [1.807, 2.05) is 33.9 Å². The van der Waals surface area contributed by atoms with Crippen molar-refractivity contribution in [3.63, 3.8) is 0 Å². The van der Waals surface area contributed by atoms with Crippen LogP contribution in [0.2, 0.25) is 0 Å². The highest BCUT2D eigenvalue weighted by Gasteiger charge is 2.52. The smallest absolute Gasteiger partial charge is 0.399 e. The second kappa shape index (κ2) is 8.14. The molecule has 0 bridgehead atoms. The van der Waals surface area contributed by atoms with Gasteiger partial charge in [-0.2, -0.15) is 5.10 Å². The average molecular weight is 360 g/mol. The molecule has 26 heavy (non-hydrogen) atoms. The van der Waals surface area contributed by atoms with Crippen LogP contribution in [-0.2, 0) is 25.3 Å². The normalized spacial score (nSPS) is 24.3. The molecule has 0 N–H and O–H groups in total. The van der Waals surface area contributed by atoms with Crippen LogP contribution in [0.25, 0.3) is 0 Å². The van der Waals surface area contributed by atoms with Crippen molar-refractivity contribution >= 4 is 12.6 Å². The first kappa shape index (κ1) is 19.4. The zero-order valence-corrected chi connectivity index (χ0v) is 16.3. The van der Waals surface area contributed by atoms with E-state index in [1.54, 1.807) is 10.9 Å². The van der Waals surface area contributed by atoms with Gasteiger partial charge in [0.05, 0.1) is 17.8 Å². The van der Waals surface area contributed by atoms with E-state index >= 15 is 0 Å². The lowest BCUT2D eigenvalue weighted by Crippen LogP contribution is -2.41. The highest BCUT2D eigenvalue weighted by atomic mass is 16.7. The van der Waals surface area contributed by atoms with Gasteiger partial charge in [-0.05, 0) is 47.0 Å². The summed E-state index contributed by atoms with van der Waals surface area (Å²) in [5.41, 5.74) is 0.228. The summed E-state index contributed by atoms with van der Waals surface area (Å²) >= 11 is 0. The molecule has 0 saturated carbocycles. The molecule has 1 unspecified atom stereocenters. The van der Waals surface area contributed by atoms with E-state index in [0.29, 0.717) is 19.6 Å². The maximum absolute atomic E-state index is 6.04. The number of hydrogen-bond acceptors (Lipinski definition) is 5. The van der Waals surface area contributed by atoms with Gasteiger partial charge in [0.1, 0.15) is 6.54 Å². The Balaban J connectivity index is 1.42. The molecular formula is C19H29BN2O4. The predicted molar refractivity (Wildman–Crippen MR) is 99.9 cm³/mol. The fourth-order valence-corrected chi connectivity index (χ4v) is 2.88. The summed E-state index contributed by atoms with van der Waals surface area (Å²) in [5, 5.41) is 4.35. The van der Waals surface area contributed by atoms with E-state index < -0.39 is 0 Å². The van der Waals surface area contributed by atoms with Crippen LogP contribution >= 0.6 is 0 Å². The zero-order chi connectivity index (χ0) is 18.6. The number of nitrogens with zero attached hydrogens (tertiary/aromatic N) is 2. The molecule has 0 aromatic carbocycles. The summed E-state index contributed by atoms with van der Waals surface area (Å²) in [7, 11) is -0.384. The Morgan fingerprint density at radius 3 is 2.69 bits per heavy atom. The minimum Gasteiger partial charge on any atom is -0.399 e. The van der Waals surface area contributed by atoms with Crippen LogP contribution in [0.15, 0.2) is 12.4 Å². The van der Waals surface area contributed by atoms with Gasteiger partial charge in [-0.25, -0.2) is 0 Å². The van der Waals surface area contributed by atoms with Crippen molar-refractivity contribution in [2.24, 2.45) is 0 Å². The first-order valence-electron chi connectivity index (χ1n) is 9.44. The summed E-state index contributed by atoms with van der Waals surface area (Å²) in [6.07, 6.45) is 7.68. The summed E-state index contributed by atoms with van der Waals surface area (Å²) in [6, 6.07) is 0. The van der Waals surface area contributed by atoms with Gasteiger partial charge in [0, 0.05) is 30.9 Å². The summed E-state index contributed by atoms with van der Waals surface area (Å²) in [5.74, 6) is 6.25. The maximum atomic E-state index is 6.04. The first-order chi connectivity index (χ1) is 12.4. The third kappa shape index (κ3) is 4.69. The zero-order valence-electron chi connectivity index (χ0n) is 16.3. The van der Waals surface area contributed by atoms with Crippen molar-refractivity contribution < 1.29 is 18.8 Å². The largest absolute Gasteiger partial charge is 0.498 e. The molecule has 2 aliphatic heterocycles. The molecule has 2 saturated heterocycles. The lowest BCUT2D eigenvalue weighted by atomic mass is 9.82. The van der Waals surface area contributed by atoms with E-state index in [0.717, 1.165) is 24.9 Å². The van der Waals surface area contributed by atoms with Crippen LogP contribution in [0.1, 0.15) is 53.4 Å². The van der Waals surface area contributed by atoms with Crippen LogP contribution in [0.3, 0.4) is 0 Å². The molecule has 1 aromatic rings. The minimum atomic E-state index is -0.384. The van der Waals surface area contributed by atoms with Crippen molar-refractivity contribution in [2.45, 2.75) is 77.4 Å². The molecule has 1 aromatic heterocycles. The van der Waals surface area contributed by atoms with Crippen molar-refractivity contribution in [1.29, 1.82) is 0 Å². The van der Waals surface area contributed by atoms with Crippen LogP contribution in [0.5, 0.6) is 0 Å². The molecule has 0 aliphatic carbocycles. The summed E-state index contributed by atoms with van der Waals surface area (Å²) in [6.45, 7) is 10.1. The second-order valence-corrected chi connectivity index (χ2v) is 7.83. The molecule has 7 heteroatoms. The molecule has 2 fully saturated rings. The van der Waals surface area contributed by atoms with Gasteiger partial charge in [0.2, 0.25) is 0 Å². The Bertz CT molecular complexity index is 640. The Hall–Kier alpha value is -1.33. The van der Waals surface area contributed by atoms with E-state index in [-0.39, 0.29) is 24.6 Å². The highest BCUT2D eigenvalue weighted by Crippen LogP contribution is 2.36. The number of aromatic nitrogens is 2. The molecule has 142 valence electrons. The summed E-state index contributed by atoms with van der Waals surface area (Å²) in [4.78, 5) is 0. The molecule has 1 atom stereocenters. The van der Waals surface area contributed by atoms with Gasteiger partial charge in [0.25, 0.3) is 0 Å². The monoisotopic (exact) mass is 360 g/mol. The Labute approximate surface area is 156 Å². The van der Waals surface area contributed by atoms with Gasteiger partial charge >= 0.3 is 7.12 Å². The molecule has 3 heterocycles. The Morgan fingerprint density at radius 2 is 2.00 bits per heavy atom. The SMILES string of the molecule is CC1(C)OB(c2cnn(CC#CCCOC3CCCCO3)c2)OC1(C)C. The third-order valence-electron chi connectivity index (χ3n) is 5.21. The van der Waals surface area contributed by atoms with Gasteiger partial charge in [-0.15, -0.1) is 0 Å². The number of hydrogen-bond donors (Lipinski definition) is 0. The van der Waals surface area contributed by atoms with Gasteiger partial charge < -0.3 is 18.8 Å². The summed E-state index contributed by atoms with van der Waals surface area (Å²) < 4.78 is 25.1. The van der Waals surface area contributed by atoms with Crippen molar-refractivity contribution in [3.05, 3.63) is 12.4 Å². The van der Waals surface area contributed by atoms with Gasteiger partial charge in [0.15, 0.2) is 6.29 Å². The molecule has 2 aliphatic rings. The Kier molecular flexibility index (Phi) is 6.08. The number of ether oxygens (including phenoxy) is 2. The standard InChI is InChI=1S/C19H29BN2O4/c1-18(2)19(3,4)26-20(25-18)16-14-21-22(15-16)11-7-5-8-12-23-17-10-6-9-13-24-17/h14-15,17H,6,8-13H2,1-4H3. The fraction of sp³-hybridized carbons (Fsp3) is 0.737. The molecule has 0 spiro atoms. The molecule has 0 radical (unpaired) electrons. The fourth-order valence-electron chi connectivity index (χ4n) is 2.88. The highest BCUT2D eigenvalue weighted by molar-refractivity contribution is 6.61. The molecule has 0 amide bonds. The van der Waals surface area contributed by atoms with E-state index in [1.165, 1.54) is 6.42 Å². The second-order valence-electron chi connectivity index (χ2n) is 7.83. The van der Waals surface area contributed by atoms with Gasteiger partial charge in [-0.3, -0.25) is 4.68 Å².